The van der Waals surface area contributed by atoms with Crippen molar-refractivity contribution in [3.8, 4) is 0 Å². The highest BCUT2D eigenvalue weighted by Gasteiger charge is 2.19. The first-order valence-corrected chi connectivity index (χ1v) is 6.66. The van der Waals surface area contributed by atoms with Crippen LogP contribution in [0.25, 0.3) is 11.0 Å². The molecule has 19 heavy (non-hydrogen) atoms. The third-order valence-corrected chi connectivity index (χ3v) is 3.91. The largest absolute Gasteiger partial charge is 0.329 e. The molecule has 1 N–H and O–H groups in total. The Hall–Kier alpha value is -1.49. The lowest BCUT2D eigenvalue weighted by molar-refractivity contribution is 0.365. The predicted octanol–water partition coefficient (Wildman–Crippen LogP) is 2.39. The van der Waals surface area contributed by atoms with Crippen LogP contribution < -0.4 is 5.32 Å². The van der Waals surface area contributed by atoms with E-state index in [9.17, 15) is 8.78 Å². The van der Waals surface area contributed by atoms with Gasteiger partial charge in [0, 0.05) is 25.6 Å². The molecule has 1 fully saturated rings. The van der Waals surface area contributed by atoms with Gasteiger partial charge in [0.2, 0.25) is 0 Å². The molecule has 1 aliphatic heterocycles. The SMILES string of the molecule is Cn1c(CC2CCNCC2)nc2cc(F)cc(F)c21. The number of imidazole rings is 1. The van der Waals surface area contributed by atoms with Gasteiger partial charge in [0.05, 0.1) is 5.52 Å². The van der Waals surface area contributed by atoms with Crippen LogP contribution in [0.3, 0.4) is 0 Å². The minimum Gasteiger partial charge on any atom is -0.329 e. The molecule has 1 aliphatic rings. The van der Waals surface area contributed by atoms with E-state index in [0.29, 0.717) is 17.0 Å². The van der Waals surface area contributed by atoms with Crippen LogP contribution in [0.15, 0.2) is 12.1 Å². The van der Waals surface area contributed by atoms with Crippen molar-refractivity contribution in [3.63, 3.8) is 0 Å². The number of fused-ring (bicyclic) bond motifs is 1. The number of nitrogens with one attached hydrogen (secondary N) is 1. The van der Waals surface area contributed by atoms with Crippen LogP contribution in [0.4, 0.5) is 8.78 Å². The van der Waals surface area contributed by atoms with E-state index in [2.05, 4.69) is 10.3 Å². The highest BCUT2D eigenvalue weighted by molar-refractivity contribution is 5.76. The van der Waals surface area contributed by atoms with Gasteiger partial charge in [-0.25, -0.2) is 13.8 Å². The van der Waals surface area contributed by atoms with E-state index in [1.807, 2.05) is 0 Å². The average Bonchev–Trinajstić information content (AvgIpc) is 2.67. The lowest BCUT2D eigenvalue weighted by Gasteiger charge is -2.22. The summed E-state index contributed by atoms with van der Waals surface area (Å²) in [6.45, 7) is 2.05. The third-order valence-electron chi connectivity index (χ3n) is 3.91. The van der Waals surface area contributed by atoms with Crippen LogP contribution in [-0.4, -0.2) is 22.6 Å². The van der Waals surface area contributed by atoms with Gasteiger partial charge in [0.1, 0.15) is 17.2 Å². The first-order chi connectivity index (χ1) is 9.15. The Bertz CT molecular complexity index is 600. The van der Waals surface area contributed by atoms with E-state index in [1.54, 1.807) is 11.6 Å². The second kappa shape index (κ2) is 4.89. The summed E-state index contributed by atoms with van der Waals surface area (Å²) in [5, 5.41) is 3.32. The van der Waals surface area contributed by atoms with Gasteiger partial charge in [-0.05, 0) is 31.8 Å². The van der Waals surface area contributed by atoms with Crippen LogP contribution >= 0.6 is 0 Å². The number of aryl methyl sites for hydroxylation is 1. The smallest absolute Gasteiger partial charge is 0.152 e. The van der Waals surface area contributed by atoms with Gasteiger partial charge in [-0.15, -0.1) is 0 Å². The number of rotatable bonds is 2. The molecular weight excluding hydrogens is 248 g/mol. The van der Waals surface area contributed by atoms with E-state index in [0.717, 1.165) is 44.2 Å². The lowest BCUT2D eigenvalue weighted by atomic mass is 9.94. The van der Waals surface area contributed by atoms with Crippen LogP contribution in [0.1, 0.15) is 18.7 Å². The second-order valence-electron chi connectivity index (χ2n) is 5.24. The molecule has 0 atom stereocenters. The van der Waals surface area contributed by atoms with Gasteiger partial charge in [-0.3, -0.25) is 0 Å². The van der Waals surface area contributed by atoms with Gasteiger partial charge in [-0.1, -0.05) is 0 Å². The molecule has 1 aromatic heterocycles. The second-order valence-corrected chi connectivity index (χ2v) is 5.24. The van der Waals surface area contributed by atoms with Crippen molar-refractivity contribution >= 4 is 11.0 Å². The lowest BCUT2D eigenvalue weighted by Crippen LogP contribution is -2.29. The molecule has 2 heterocycles. The van der Waals surface area contributed by atoms with Crippen LogP contribution in [-0.2, 0) is 13.5 Å². The first-order valence-electron chi connectivity index (χ1n) is 6.66. The molecule has 0 spiro atoms. The molecule has 0 saturated carbocycles. The molecule has 0 aliphatic carbocycles. The van der Waals surface area contributed by atoms with Crippen molar-refractivity contribution < 1.29 is 8.78 Å². The Morgan fingerprint density at radius 3 is 2.79 bits per heavy atom. The minimum absolute atomic E-state index is 0.394. The quantitative estimate of drug-likeness (QED) is 0.903. The number of nitrogens with zero attached hydrogens (tertiary/aromatic N) is 2. The first kappa shape index (κ1) is 12.5. The number of hydrogen-bond donors (Lipinski definition) is 1. The summed E-state index contributed by atoms with van der Waals surface area (Å²) in [5.41, 5.74) is 0.800. The van der Waals surface area contributed by atoms with E-state index in [1.165, 1.54) is 6.07 Å². The summed E-state index contributed by atoms with van der Waals surface area (Å²) in [6.07, 6.45) is 3.05. The molecule has 0 bridgehead atoms. The summed E-state index contributed by atoms with van der Waals surface area (Å²) in [6, 6.07) is 2.21. The number of aromatic nitrogens is 2. The van der Waals surface area contributed by atoms with Gasteiger partial charge in [0.15, 0.2) is 5.82 Å². The zero-order valence-corrected chi connectivity index (χ0v) is 10.9. The molecule has 3 rings (SSSR count). The number of halogens is 2. The fourth-order valence-corrected chi connectivity index (χ4v) is 2.84. The summed E-state index contributed by atoms with van der Waals surface area (Å²) in [4.78, 5) is 4.39. The fraction of sp³-hybridized carbons (Fsp3) is 0.500. The van der Waals surface area contributed by atoms with Gasteiger partial charge >= 0.3 is 0 Å². The van der Waals surface area contributed by atoms with E-state index < -0.39 is 11.6 Å². The zero-order valence-electron chi connectivity index (χ0n) is 10.9. The minimum atomic E-state index is -0.573. The molecule has 3 nitrogen and oxygen atoms in total. The molecule has 2 aromatic rings. The fourth-order valence-electron chi connectivity index (χ4n) is 2.84. The molecule has 0 amide bonds. The summed E-state index contributed by atoms with van der Waals surface area (Å²) in [5.74, 6) is 0.300. The van der Waals surface area contributed by atoms with E-state index in [-0.39, 0.29) is 0 Å². The Morgan fingerprint density at radius 1 is 1.32 bits per heavy atom. The highest BCUT2D eigenvalue weighted by atomic mass is 19.1. The Morgan fingerprint density at radius 2 is 2.05 bits per heavy atom. The summed E-state index contributed by atoms with van der Waals surface area (Å²) < 4.78 is 28.7. The van der Waals surface area contributed by atoms with Crippen LogP contribution in [0, 0.1) is 17.6 Å². The van der Waals surface area contributed by atoms with Gasteiger partial charge in [0.25, 0.3) is 0 Å². The zero-order chi connectivity index (χ0) is 13.4. The average molecular weight is 265 g/mol. The monoisotopic (exact) mass is 265 g/mol. The maximum atomic E-state index is 13.8. The maximum absolute atomic E-state index is 13.8. The molecule has 5 heteroatoms. The van der Waals surface area contributed by atoms with E-state index in [4.69, 9.17) is 0 Å². The van der Waals surface area contributed by atoms with E-state index >= 15 is 0 Å². The Balaban J connectivity index is 1.95. The van der Waals surface area contributed by atoms with Crippen molar-refractivity contribution in [3.05, 3.63) is 29.6 Å². The van der Waals surface area contributed by atoms with Crippen molar-refractivity contribution in [2.45, 2.75) is 19.3 Å². The summed E-state index contributed by atoms with van der Waals surface area (Å²) >= 11 is 0. The van der Waals surface area contributed by atoms with Crippen molar-refractivity contribution in [2.24, 2.45) is 13.0 Å². The molecular formula is C14H17F2N3. The topological polar surface area (TPSA) is 29.9 Å². The maximum Gasteiger partial charge on any atom is 0.152 e. The third kappa shape index (κ3) is 2.34. The molecule has 0 unspecified atom stereocenters. The Labute approximate surface area is 110 Å². The standard InChI is InChI=1S/C14H17F2N3/c1-19-13(6-9-2-4-17-5-3-9)18-12-8-10(15)7-11(16)14(12)19/h7-9,17H,2-6H2,1H3. The van der Waals surface area contributed by atoms with Crippen molar-refractivity contribution in [1.29, 1.82) is 0 Å². The van der Waals surface area contributed by atoms with Crippen molar-refractivity contribution in [2.75, 3.05) is 13.1 Å². The molecule has 0 radical (unpaired) electrons. The molecule has 1 saturated heterocycles. The van der Waals surface area contributed by atoms with Crippen molar-refractivity contribution in [1.82, 2.24) is 14.9 Å². The Kier molecular flexibility index (Phi) is 3.22. The number of benzene rings is 1. The number of hydrogen-bond acceptors (Lipinski definition) is 2. The van der Waals surface area contributed by atoms with Gasteiger partial charge in [-0.2, -0.15) is 0 Å². The molecule has 102 valence electrons. The molecule has 1 aromatic carbocycles. The predicted molar refractivity (Wildman–Crippen MR) is 69.9 cm³/mol. The number of piperidine rings is 1. The summed E-state index contributed by atoms with van der Waals surface area (Å²) in [7, 11) is 1.80. The van der Waals surface area contributed by atoms with Gasteiger partial charge < -0.3 is 9.88 Å². The highest BCUT2D eigenvalue weighted by Crippen LogP contribution is 2.23. The van der Waals surface area contributed by atoms with Crippen LogP contribution in [0.5, 0.6) is 0 Å². The normalized spacial score (nSPS) is 17.2. The van der Waals surface area contributed by atoms with Crippen LogP contribution in [0.2, 0.25) is 0 Å².